The molecule has 1 fully saturated rings. The number of fused-ring (bicyclic) bond motifs is 1. The number of hydrogen-bond acceptors (Lipinski definition) is 7. The van der Waals surface area contributed by atoms with Crippen molar-refractivity contribution in [2.45, 2.75) is 25.6 Å². The Morgan fingerprint density at radius 3 is 2.73 bits per heavy atom. The van der Waals surface area contributed by atoms with Crippen molar-refractivity contribution in [3.8, 4) is 5.75 Å². The Bertz CT molecular complexity index is 647. The molecule has 0 bridgehead atoms. The molecule has 0 saturated carbocycles. The number of halogens is 1. The first-order chi connectivity index (χ1) is 10.6. The van der Waals surface area contributed by atoms with Crippen molar-refractivity contribution in [3.63, 3.8) is 0 Å². The molecule has 3 rings (SSSR count). The lowest BCUT2D eigenvalue weighted by atomic mass is 9.94. The summed E-state index contributed by atoms with van der Waals surface area (Å²) in [5.74, 6) is 1.34. The van der Waals surface area contributed by atoms with E-state index in [1.165, 1.54) is 6.20 Å². The average Bonchev–Trinajstić information content (AvgIpc) is 2.50. The van der Waals surface area contributed by atoms with E-state index < -0.39 is 0 Å². The quantitative estimate of drug-likeness (QED) is 0.836. The van der Waals surface area contributed by atoms with Gasteiger partial charge in [-0.1, -0.05) is 22.9 Å². The normalized spacial score (nSPS) is 24.7. The molecule has 2 atom stereocenters. The fraction of sp³-hybridized carbons (Fsp3) is 0.429. The van der Waals surface area contributed by atoms with E-state index in [4.69, 9.17) is 25.7 Å². The Kier molecular flexibility index (Phi) is 4.32. The third kappa shape index (κ3) is 2.81. The van der Waals surface area contributed by atoms with E-state index in [0.717, 1.165) is 16.5 Å². The fourth-order valence-corrected chi connectivity index (χ4v) is 3.12. The molecule has 1 aromatic rings. The third-order valence-electron chi connectivity index (χ3n) is 3.56. The molecule has 7 nitrogen and oxygen atoms in total. The summed E-state index contributed by atoms with van der Waals surface area (Å²) in [5.41, 5.74) is 12.3. The van der Waals surface area contributed by atoms with E-state index in [1.807, 2.05) is 13.0 Å². The van der Waals surface area contributed by atoms with Gasteiger partial charge in [0.2, 0.25) is 5.95 Å². The Hall–Kier alpha value is -1.64. The minimum Gasteiger partial charge on any atom is -0.452 e. The number of nitrogen functional groups attached to an aromatic ring is 2. The minimum atomic E-state index is -0.163. The first-order valence-corrected chi connectivity index (χ1v) is 7.78. The van der Waals surface area contributed by atoms with Gasteiger partial charge in [0.15, 0.2) is 11.6 Å². The summed E-state index contributed by atoms with van der Waals surface area (Å²) in [6.07, 6.45) is 3.82. The molecule has 1 saturated heterocycles. The van der Waals surface area contributed by atoms with Crippen molar-refractivity contribution < 1.29 is 14.2 Å². The molecule has 1 aliphatic heterocycles. The maximum atomic E-state index is 5.90. The lowest BCUT2D eigenvalue weighted by molar-refractivity contribution is -0.110. The van der Waals surface area contributed by atoms with Crippen LogP contribution in [-0.4, -0.2) is 35.4 Å². The van der Waals surface area contributed by atoms with E-state index in [0.29, 0.717) is 24.7 Å². The van der Waals surface area contributed by atoms with Crippen LogP contribution in [0.2, 0.25) is 0 Å². The van der Waals surface area contributed by atoms with Gasteiger partial charge in [-0.25, -0.2) is 4.98 Å². The number of nitrogens with zero attached hydrogens (tertiary/aromatic N) is 2. The summed E-state index contributed by atoms with van der Waals surface area (Å²) in [7, 11) is 0. The Balaban J connectivity index is 1.94. The molecule has 0 amide bonds. The molecule has 2 heterocycles. The van der Waals surface area contributed by atoms with Crippen molar-refractivity contribution in [1.29, 1.82) is 0 Å². The molecule has 0 radical (unpaired) electrons. The van der Waals surface area contributed by atoms with E-state index in [1.54, 1.807) is 0 Å². The van der Waals surface area contributed by atoms with Gasteiger partial charge in [0, 0.05) is 10.1 Å². The van der Waals surface area contributed by atoms with Crippen LogP contribution < -0.4 is 16.2 Å². The maximum absolute atomic E-state index is 5.90. The molecule has 4 N–H and O–H groups in total. The van der Waals surface area contributed by atoms with Crippen LogP contribution in [0, 0.1) is 0 Å². The van der Waals surface area contributed by atoms with Crippen molar-refractivity contribution in [3.05, 3.63) is 28.1 Å². The smallest absolute Gasteiger partial charge is 0.222 e. The van der Waals surface area contributed by atoms with Crippen LogP contribution in [0.25, 0.3) is 0 Å². The van der Waals surface area contributed by atoms with Gasteiger partial charge in [0.25, 0.3) is 0 Å². The van der Waals surface area contributed by atoms with Crippen molar-refractivity contribution in [2.24, 2.45) is 0 Å². The predicted molar refractivity (Wildman–Crippen MR) is 85.3 cm³/mol. The Labute approximate surface area is 136 Å². The highest BCUT2D eigenvalue weighted by molar-refractivity contribution is 9.11. The number of aromatic nitrogens is 2. The summed E-state index contributed by atoms with van der Waals surface area (Å²) in [4.78, 5) is 7.81. The van der Waals surface area contributed by atoms with Gasteiger partial charge in [-0.05, 0) is 12.5 Å². The summed E-state index contributed by atoms with van der Waals surface area (Å²) >= 11 is 3.53. The third-order valence-corrected chi connectivity index (χ3v) is 4.24. The number of allylic oxidation sites excluding steroid dienone is 1. The summed E-state index contributed by atoms with van der Waals surface area (Å²) in [5, 5.41) is 0. The van der Waals surface area contributed by atoms with Crippen molar-refractivity contribution in [1.82, 2.24) is 9.97 Å². The second-order valence-corrected chi connectivity index (χ2v) is 5.85. The van der Waals surface area contributed by atoms with Gasteiger partial charge in [-0.2, -0.15) is 4.98 Å². The van der Waals surface area contributed by atoms with Crippen LogP contribution in [0.3, 0.4) is 0 Å². The molecule has 0 aromatic carbocycles. The number of anilines is 2. The van der Waals surface area contributed by atoms with Gasteiger partial charge in [0.05, 0.1) is 19.4 Å². The van der Waals surface area contributed by atoms with Gasteiger partial charge >= 0.3 is 0 Å². The molecule has 1 aliphatic carbocycles. The SMILES string of the molecule is CCC1=C(Oc2cnc(N)nc2N)C=C(Br)C2OCCOC12. The van der Waals surface area contributed by atoms with Crippen LogP contribution in [-0.2, 0) is 9.47 Å². The minimum absolute atomic E-state index is 0.110. The zero-order valence-electron chi connectivity index (χ0n) is 12.1. The maximum Gasteiger partial charge on any atom is 0.222 e. The lowest BCUT2D eigenvalue weighted by Gasteiger charge is -2.36. The van der Waals surface area contributed by atoms with Crippen LogP contribution >= 0.6 is 15.9 Å². The van der Waals surface area contributed by atoms with Gasteiger partial charge in [-0.15, -0.1) is 0 Å². The second-order valence-electron chi connectivity index (χ2n) is 4.93. The molecular weight excluding hydrogens is 352 g/mol. The number of hydrogen-bond donors (Lipinski definition) is 2. The monoisotopic (exact) mass is 368 g/mol. The van der Waals surface area contributed by atoms with Gasteiger partial charge in [0.1, 0.15) is 18.0 Å². The van der Waals surface area contributed by atoms with Crippen LogP contribution in [0.15, 0.2) is 28.1 Å². The zero-order chi connectivity index (χ0) is 15.7. The molecule has 8 heteroatoms. The highest BCUT2D eigenvalue weighted by atomic mass is 79.9. The predicted octanol–water partition coefficient (Wildman–Crippen LogP) is 1.76. The first kappa shape index (κ1) is 15.3. The summed E-state index contributed by atoms with van der Waals surface area (Å²) in [6, 6.07) is 0. The van der Waals surface area contributed by atoms with Crippen LogP contribution in [0.4, 0.5) is 11.8 Å². The molecule has 2 unspecified atom stereocenters. The molecule has 2 aliphatic rings. The second kappa shape index (κ2) is 6.23. The highest BCUT2D eigenvalue weighted by Crippen LogP contribution is 2.37. The van der Waals surface area contributed by atoms with E-state index >= 15 is 0 Å². The Morgan fingerprint density at radius 2 is 2.05 bits per heavy atom. The van der Waals surface area contributed by atoms with E-state index in [-0.39, 0.29) is 24.0 Å². The van der Waals surface area contributed by atoms with Crippen molar-refractivity contribution in [2.75, 3.05) is 24.7 Å². The van der Waals surface area contributed by atoms with Gasteiger partial charge < -0.3 is 25.7 Å². The molecule has 1 aromatic heterocycles. The molecule has 0 spiro atoms. The Morgan fingerprint density at radius 1 is 1.32 bits per heavy atom. The molecule has 118 valence electrons. The standard InChI is InChI=1S/C14H17BrN4O3/c1-2-7-9(22-10-6-18-14(17)19-13(10)16)5-8(15)12-11(7)20-3-4-21-12/h5-6,11-12H,2-4H2,1H3,(H4,16,17,18,19). The largest absolute Gasteiger partial charge is 0.452 e. The number of rotatable bonds is 3. The summed E-state index contributed by atoms with van der Waals surface area (Å²) in [6.45, 7) is 3.19. The zero-order valence-corrected chi connectivity index (χ0v) is 13.7. The first-order valence-electron chi connectivity index (χ1n) is 6.99. The summed E-state index contributed by atoms with van der Waals surface area (Å²) < 4.78 is 18.4. The average molecular weight is 369 g/mol. The fourth-order valence-electron chi connectivity index (χ4n) is 2.54. The van der Waals surface area contributed by atoms with Gasteiger partial charge in [-0.3, -0.25) is 0 Å². The lowest BCUT2D eigenvalue weighted by Crippen LogP contribution is -2.42. The molecular formula is C14H17BrN4O3. The number of nitrogens with two attached hydrogens (primary N) is 2. The van der Waals surface area contributed by atoms with Crippen molar-refractivity contribution >= 4 is 27.7 Å². The van der Waals surface area contributed by atoms with E-state index in [2.05, 4.69) is 25.9 Å². The number of ether oxygens (including phenoxy) is 3. The van der Waals surface area contributed by atoms with E-state index in [9.17, 15) is 0 Å². The van der Waals surface area contributed by atoms with Crippen LogP contribution in [0.5, 0.6) is 5.75 Å². The van der Waals surface area contributed by atoms with Crippen LogP contribution in [0.1, 0.15) is 13.3 Å². The highest BCUT2D eigenvalue weighted by Gasteiger charge is 2.36. The topological polar surface area (TPSA) is 106 Å². The molecule has 22 heavy (non-hydrogen) atoms.